The van der Waals surface area contributed by atoms with Crippen molar-refractivity contribution >= 4 is 38.6 Å². The molecule has 0 radical (unpaired) electrons. The van der Waals surface area contributed by atoms with E-state index in [9.17, 15) is 0 Å². The summed E-state index contributed by atoms with van der Waals surface area (Å²) in [5.41, 5.74) is 4.88. The number of rotatable bonds is 6. The molecular formula is C22H21N5S. The van der Waals surface area contributed by atoms with Gasteiger partial charge in [0.1, 0.15) is 10.5 Å². The third-order valence-electron chi connectivity index (χ3n) is 4.56. The number of hydrogen-bond donors (Lipinski definition) is 0. The van der Waals surface area contributed by atoms with E-state index in [0.29, 0.717) is 0 Å². The van der Waals surface area contributed by atoms with Crippen LogP contribution in [0.5, 0.6) is 0 Å². The van der Waals surface area contributed by atoms with Crippen LogP contribution in [0.25, 0.3) is 20.8 Å². The van der Waals surface area contributed by atoms with Crippen LogP contribution in [0.4, 0.5) is 17.1 Å². The van der Waals surface area contributed by atoms with E-state index in [4.69, 9.17) is 0 Å². The molecule has 0 saturated heterocycles. The van der Waals surface area contributed by atoms with Crippen molar-refractivity contribution in [1.82, 2.24) is 9.97 Å². The maximum absolute atomic E-state index is 4.64. The van der Waals surface area contributed by atoms with Crippen molar-refractivity contribution in [3.63, 3.8) is 0 Å². The van der Waals surface area contributed by atoms with Crippen molar-refractivity contribution in [1.29, 1.82) is 0 Å². The lowest BCUT2D eigenvalue weighted by atomic mass is 10.2. The fraction of sp³-hybridized carbons (Fsp3) is 0.182. The minimum absolute atomic E-state index is 0.819. The van der Waals surface area contributed by atoms with E-state index in [1.165, 1.54) is 5.69 Å². The predicted octanol–water partition coefficient (Wildman–Crippen LogP) is 6.62. The summed E-state index contributed by atoms with van der Waals surface area (Å²) in [5, 5.41) is 9.69. The molecule has 28 heavy (non-hydrogen) atoms. The highest BCUT2D eigenvalue weighted by molar-refractivity contribution is 7.21. The summed E-state index contributed by atoms with van der Waals surface area (Å²) in [6.45, 7) is 6.31. The summed E-state index contributed by atoms with van der Waals surface area (Å²) in [4.78, 5) is 11.1. The number of hydrogen-bond acceptors (Lipinski definition) is 6. The SMILES string of the molecule is CCN(CC)c1ccc(N=Nc2ccc(-c3nc4cnccc4s3)cc2)cc1. The number of thiazole rings is 1. The van der Waals surface area contributed by atoms with Crippen LogP contribution in [0, 0.1) is 0 Å². The van der Waals surface area contributed by atoms with Crippen LogP contribution in [0.1, 0.15) is 13.8 Å². The third kappa shape index (κ3) is 3.92. The van der Waals surface area contributed by atoms with Crippen LogP contribution in [0.3, 0.4) is 0 Å². The second-order valence-electron chi connectivity index (χ2n) is 6.30. The fourth-order valence-electron chi connectivity index (χ4n) is 3.01. The molecule has 0 unspecified atom stereocenters. The first-order valence-corrected chi connectivity index (χ1v) is 10.2. The summed E-state index contributed by atoms with van der Waals surface area (Å²) in [7, 11) is 0. The number of fused-ring (bicyclic) bond motifs is 1. The highest BCUT2D eigenvalue weighted by atomic mass is 32.1. The van der Waals surface area contributed by atoms with Crippen molar-refractivity contribution < 1.29 is 0 Å². The normalized spacial score (nSPS) is 11.4. The number of azo groups is 1. The van der Waals surface area contributed by atoms with Gasteiger partial charge < -0.3 is 4.90 Å². The van der Waals surface area contributed by atoms with Crippen molar-refractivity contribution in [2.75, 3.05) is 18.0 Å². The predicted molar refractivity (Wildman–Crippen MR) is 117 cm³/mol. The summed E-state index contributed by atoms with van der Waals surface area (Å²) >= 11 is 1.66. The first-order valence-electron chi connectivity index (χ1n) is 9.34. The lowest BCUT2D eigenvalue weighted by Crippen LogP contribution is -2.21. The highest BCUT2D eigenvalue weighted by Gasteiger charge is 2.06. The topological polar surface area (TPSA) is 53.7 Å². The van der Waals surface area contributed by atoms with Gasteiger partial charge in [-0.25, -0.2) is 4.98 Å². The number of aromatic nitrogens is 2. The van der Waals surface area contributed by atoms with E-state index in [1.54, 1.807) is 23.7 Å². The van der Waals surface area contributed by atoms with Gasteiger partial charge in [-0.05, 0) is 68.4 Å². The zero-order valence-corrected chi connectivity index (χ0v) is 16.7. The molecule has 0 aliphatic rings. The zero-order valence-electron chi connectivity index (χ0n) is 15.9. The van der Waals surface area contributed by atoms with E-state index in [1.807, 2.05) is 42.5 Å². The number of pyridine rings is 1. The van der Waals surface area contributed by atoms with Gasteiger partial charge in [0.15, 0.2) is 0 Å². The van der Waals surface area contributed by atoms with E-state index in [-0.39, 0.29) is 0 Å². The Morgan fingerprint density at radius 1 is 0.857 bits per heavy atom. The van der Waals surface area contributed by atoms with Crippen molar-refractivity contribution in [3.05, 3.63) is 67.0 Å². The molecule has 2 heterocycles. The monoisotopic (exact) mass is 387 g/mol. The second kappa shape index (κ2) is 8.27. The molecule has 0 spiro atoms. The number of nitrogens with zero attached hydrogens (tertiary/aromatic N) is 5. The van der Waals surface area contributed by atoms with Crippen LogP contribution in [-0.4, -0.2) is 23.1 Å². The summed E-state index contributed by atoms with van der Waals surface area (Å²) in [6, 6.07) is 18.2. The lowest BCUT2D eigenvalue weighted by Gasteiger charge is -2.20. The van der Waals surface area contributed by atoms with E-state index in [0.717, 1.165) is 45.3 Å². The summed E-state index contributed by atoms with van der Waals surface area (Å²) in [6.07, 6.45) is 3.59. The maximum atomic E-state index is 4.64. The van der Waals surface area contributed by atoms with Crippen LogP contribution >= 0.6 is 11.3 Å². The van der Waals surface area contributed by atoms with Crippen LogP contribution in [0.2, 0.25) is 0 Å². The van der Waals surface area contributed by atoms with Gasteiger partial charge in [-0.2, -0.15) is 10.2 Å². The van der Waals surface area contributed by atoms with Crippen LogP contribution in [-0.2, 0) is 0 Å². The molecular weight excluding hydrogens is 366 g/mol. The van der Waals surface area contributed by atoms with Crippen molar-refractivity contribution in [2.24, 2.45) is 10.2 Å². The largest absolute Gasteiger partial charge is 0.372 e. The molecule has 2 aromatic carbocycles. The minimum Gasteiger partial charge on any atom is -0.372 e. The molecule has 0 aliphatic heterocycles. The van der Waals surface area contributed by atoms with Crippen LogP contribution < -0.4 is 4.90 Å². The average molecular weight is 388 g/mol. The summed E-state index contributed by atoms with van der Waals surface area (Å²) < 4.78 is 1.14. The van der Waals surface area contributed by atoms with Gasteiger partial charge in [0.05, 0.1) is 22.3 Å². The highest BCUT2D eigenvalue weighted by Crippen LogP contribution is 2.31. The molecule has 5 nitrogen and oxygen atoms in total. The zero-order chi connectivity index (χ0) is 19.3. The van der Waals surface area contributed by atoms with E-state index < -0.39 is 0 Å². The molecule has 0 amide bonds. The van der Waals surface area contributed by atoms with Gasteiger partial charge in [-0.3, -0.25) is 4.98 Å². The van der Waals surface area contributed by atoms with Crippen molar-refractivity contribution in [3.8, 4) is 10.6 Å². The smallest absolute Gasteiger partial charge is 0.124 e. The van der Waals surface area contributed by atoms with Crippen molar-refractivity contribution in [2.45, 2.75) is 13.8 Å². The molecule has 0 N–H and O–H groups in total. The molecule has 0 atom stereocenters. The molecule has 4 aromatic rings. The molecule has 0 saturated carbocycles. The van der Waals surface area contributed by atoms with Gasteiger partial charge in [-0.1, -0.05) is 0 Å². The number of benzene rings is 2. The van der Waals surface area contributed by atoms with Gasteiger partial charge in [0, 0.05) is 30.5 Å². The molecule has 4 rings (SSSR count). The Labute approximate surface area is 168 Å². The first-order chi connectivity index (χ1) is 13.8. The van der Waals surface area contributed by atoms with E-state index in [2.05, 4.69) is 51.1 Å². The third-order valence-corrected chi connectivity index (χ3v) is 5.65. The average Bonchev–Trinajstić information content (AvgIpc) is 3.19. The van der Waals surface area contributed by atoms with Gasteiger partial charge in [-0.15, -0.1) is 11.3 Å². The Morgan fingerprint density at radius 3 is 2.11 bits per heavy atom. The lowest BCUT2D eigenvalue weighted by molar-refractivity contribution is 0.866. The molecule has 6 heteroatoms. The Kier molecular flexibility index (Phi) is 5.39. The quantitative estimate of drug-likeness (QED) is 0.349. The van der Waals surface area contributed by atoms with Gasteiger partial charge in [0.2, 0.25) is 0 Å². The minimum atomic E-state index is 0.819. The second-order valence-corrected chi connectivity index (χ2v) is 7.33. The standard InChI is InChI=1S/C22H21N5S/c1-3-27(4-2)19-11-9-18(10-12-19)26-25-17-7-5-16(6-8-17)22-24-20-15-23-14-13-21(20)28-22/h5-15H,3-4H2,1-2H3. The molecule has 0 aliphatic carbocycles. The van der Waals surface area contributed by atoms with E-state index >= 15 is 0 Å². The summed E-state index contributed by atoms with van der Waals surface area (Å²) in [5.74, 6) is 0. The molecule has 140 valence electrons. The van der Waals surface area contributed by atoms with Gasteiger partial charge >= 0.3 is 0 Å². The Hall–Kier alpha value is -3.12. The first kappa shape index (κ1) is 18.3. The molecule has 2 aromatic heterocycles. The Morgan fingerprint density at radius 2 is 1.50 bits per heavy atom. The Bertz CT molecular complexity index is 1050. The number of anilines is 1. The fourth-order valence-corrected chi connectivity index (χ4v) is 3.95. The van der Waals surface area contributed by atoms with Crippen LogP contribution in [0.15, 0.2) is 77.2 Å². The molecule has 0 bridgehead atoms. The molecule has 0 fully saturated rings. The maximum Gasteiger partial charge on any atom is 0.124 e. The van der Waals surface area contributed by atoms with Gasteiger partial charge in [0.25, 0.3) is 0 Å². The Balaban J connectivity index is 1.48.